The molecule has 1 saturated heterocycles. The van der Waals surface area contributed by atoms with Crippen LogP contribution in [0.2, 0.25) is 5.02 Å². The zero-order valence-electron chi connectivity index (χ0n) is 15.4. The molecule has 0 radical (unpaired) electrons. The highest BCUT2D eigenvalue weighted by Gasteiger charge is 2.17. The Labute approximate surface area is 164 Å². The second kappa shape index (κ2) is 9.62. The third-order valence-electron chi connectivity index (χ3n) is 4.48. The third-order valence-corrected chi connectivity index (χ3v) is 4.84. The van der Waals surface area contributed by atoms with Crippen molar-refractivity contribution in [3.8, 4) is 11.5 Å². The zero-order valence-corrected chi connectivity index (χ0v) is 16.1. The summed E-state index contributed by atoms with van der Waals surface area (Å²) in [4.78, 5) is 12.2. The number of hydrogen-bond donors (Lipinski definition) is 1. The quantitative estimate of drug-likeness (QED) is 0.746. The van der Waals surface area contributed by atoms with Crippen molar-refractivity contribution >= 4 is 17.5 Å². The van der Waals surface area contributed by atoms with E-state index in [0.29, 0.717) is 29.7 Å². The highest BCUT2D eigenvalue weighted by Crippen LogP contribution is 2.29. The van der Waals surface area contributed by atoms with Gasteiger partial charge in [-0.25, -0.2) is 0 Å². The van der Waals surface area contributed by atoms with Crippen LogP contribution in [-0.4, -0.2) is 32.3 Å². The lowest BCUT2D eigenvalue weighted by Crippen LogP contribution is -2.24. The van der Waals surface area contributed by atoms with E-state index >= 15 is 0 Å². The monoisotopic (exact) mass is 389 g/mol. The minimum Gasteiger partial charge on any atom is -0.493 e. The lowest BCUT2D eigenvalue weighted by molar-refractivity contribution is -0.120. The van der Waals surface area contributed by atoms with Crippen molar-refractivity contribution in [2.75, 3.05) is 20.3 Å². The Balaban J connectivity index is 1.53. The molecule has 0 saturated carbocycles. The van der Waals surface area contributed by atoms with E-state index in [2.05, 4.69) is 5.32 Å². The average Bonchev–Trinajstić information content (AvgIpc) is 3.20. The average molecular weight is 390 g/mol. The molecular weight excluding hydrogens is 366 g/mol. The smallest absolute Gasteiger partial charge is 0.224 e. The SMILES string of the molecule is COc1cc(CNC(=O)Cc2ccccc2Cl)ccc1OC[C@@H]1CCCO1. The molecule has 0 aliphatic carbocycles. The Kier molecular flexibility index (Phi) is 6.96. The van der Waals surface area contributed by atoms with Crippen molar-refractivity contribution in [1.82, 2.24) is 5.32 Å². The zero-order chi connectivity index (χ0) is 19.1. The molecule has 1 N–H and O–H groups in total. The van der Waals surface area contributed by atoms with Crippen molar-refractivity contribution in [1.29, 1.82) is 0 Å². The molecule has 0 spiro atoms. The predicted octanol–water partition coefficient (Wildman–Crippen LogP) is 3.77. The highest BCUT2D eigenvalue weighted by molar-refractivity contribution is 6.31. The molecule has 1 heterocycles. The number of benzene rings is 2. The molecule has 1 aliphatic rings. The van der Waals surface area contributed by atoms with Gasteiger partial charge in [-0.05, 0) is 42.2 Å². The molecule has 144 valence electrons. The molecule has 27 heavy (non-hydrogen) atoms. The van der Waals surface area contributed by atoms with Crippen LogP contribution in [0, 0.1) is 0 Å². The van der Waals surface area contributed by atoms with Gasteiger partial charge < -0.3 is 19.5 Å². The predicted molar refractivity (Wildman–Crippen MR) is 104 cm³/mol. The number of rotatable bonds is 8. The minimum atomic E-state index is -0.0826. The highest BCUT2D eigenvalue weighted by atomic mass is 35.5. The third kappa shape index (κ3) is 5.62. The van der Waals surface area contributed by atoms with E-state index in [9.17, 15) is 4.79 Å². The fourth-order valence-electron chi connectivity index (χ4n) is 2.98. The summed E-state index contributed by atoms with van der Waals surface area (Å²) in [6.45, 7) is 1.73. The Morgan fingerprint density at radius 3 is 2.85 bits per heavy atom. The Morgan fingerprint density at radius 1 is 1.26 bits per heavy atom. The van der Waals surface area contributed by atoms with E-state index in [1.165, 1.54) is 0 Å². The van der Waals surface area contributed by atoms with Gasteiger partial charge in [0.2, 0.25) is 5.91 Å². The molecule has 3 rings (SSSR count). The van der Waals surface area contributed by atoms with Crippen molar-refractivity contribution in [3.05, 3.63) is 58.6 Å². The fraction of sp³-hybridized carbons (Fsp3) is 0.381. The second-order valence-electron chi connectivity index (χ2n) is 6.48. The van der Waals surface area contributed by atoms with Gasteiger partial charge in [0.1, 0.15) is 6.61 Å². The van der Waals surface area contributed by atoms with Crippen molar-refractivity contribution in [3.63, 3.8) is 0 Å². The van der Waals surface area contributed by atoms with E-state index in [4.69, 9.17) is 25.8 Å². The van der Waals surface area contributed by atoms with Crippen LogP contribution in [0.1, 0.15) is 24.0 Å². The minimum absolute atomic E-state index is 0.0826. The summed E-state index contributed by atoms with van der Waals surface area (Å²) in [5, 5.41) is 3.51. The van der Waals surface area contributed by atoms with Gasteiger partial charge >= 0.3 is 0 Å². The lowest BCUT2D eigenvalue weighted by Gasteiger charge is -2.15. The summed E-state index contributed by atoms with van der Waals surface area (Å²) in [7, 11) is 1.61. The first-order chi connectivity index (χ1) is 13.2. The van der Waals surface area contributed by atoms with Crippen LogP contribution < -0.4 is 14.8 Å². The molecule has 5 nitrogen and oxygen atoms in total. The lowest BCUT2D eigenvalue weighted by atomic mass is 10.1. The summed E-state index contributed by atoms with van der Waals surface area (Å²) < 4.78 is 16.8. The van der Waals surface area contributed by atoms with Gasteiger partial charge in [0.15, 0.2) is 11.5 Å². The Hall–Kier alpha value is -2.24. The number of nitrogens with one attached hydrogen (secondary N) is 1. The molecule has 1 aliphatic heterocycles. The van der Waals surface area contributed by atoms with Gasteiger partial charge in [-0.15, -0.1) is 0 Å². The number of carbonyl (C=O) groups excluding carboxylic acids is 1. The van der Waals surface area contributed by atoms with Gasteiger partial charge in [0.05, 0.1) is 19.6 Å². The van der Waals surface area contributed by atoms with Crippen LogP contribution in [0.15, 0.2) is 42.5 Å². The normalized spacial score (nSPS) is 16.1. The van der Waals surface area contributed by atoms with Gasteiger partial charge in [-0.3, -0.25) is 4.79 Å². The maximum Gasteiger partial charge on any atom is 0.224 e. The van der Waals surface area contributed by atoms with E-state index in [-0.39, 0.29) is 18.4 Å². The van der Waals surface area contributed by atoms with Crippen molar-refractivity contribution < 1.29 is 19.0 Å². The molecule has 2 aromatic carbocycles. The first kappa shape index (κ1) is 19.5. The van der Waals surface area contributed by atoms with Gasteiger partial charge in [-0.1, -0.05) is 35.9 Å². The number of ether oxygens (including phenoxy) is 3. The van der Waals surface area contributed by atoms with E-state index < -0.39 is 0 Å². The Bertz CT molecular complexity index is 775. The molecule has 6 heteroatoms. The Morgan fingerprint density at radius 2 is 2.11 bits per heavy atom. The maximum absolute atomic E-state index is 12.2. The summed E-state index contributed by atoms with van der Waals surface area (Å²) in [6.07, 6.45) is 2.51. The number of carbonyl (C=O) groups is 1. The van der Waals surface area contributed by atoms with E-state index in [1.54, 1.807) is 13.2 Å². The molecule has 0 bridgehead atoms. The summed E-state index contributed by atoms with van der Waals surface area (Å²) in [6, 6.07) is 13.0. The molecule has 1 atom stereocenters. The molecule has 2 aromatic rings. The molecule has 1 amide bonds. The number of hydrogen-bond acceptors (Lipinski definition) is 4. The van der Waals surface area contributed by atoms with E-state index in [1.807, 2.05) is 36.4 Å². The standard InChI is InChI=1S/C21H24ClNO4/c1-25-20-11-15(8-9-19(20)27-14-17-6-4-10-26-17)13-23-21(24)12-16-5-2-3-7-18(16)22/h2-3,5,7-9,11,17H,4,6,10,12-14H2,1H3,(H,23,24)/t17-/m0/s1. The van der Waals surface area contributed by atoms with Crippen molar-refractivity contribution in [2.45, 2.75) is 31.9 Å². The molecule has 1 fully saturated rings. The summed E-state index contributed by atoms with van der Waals surface area (Å²) >= 11 is 6.10. The first-order valence-corrected chi connectivity index (χ1v) is 9.45. The van der Waals surface area contributed by atoms with Crippen LogP contribution >= 0.6 is 11.6 Å². The van der Waals surface area contributed by atoms with Gasteiger partial charge in [0.25, 0.3) is 0 Å². The molecular formula is C21H24ClNO4. The van der Waals surface area contributed by atoms with Crippen molar-refractivity contribution in [2.24, 2.45) is 0 Å². The largest absolute Gasteiger partial charge is 0.493 e. The first-order valence-electron chi connectivity index (χ1n) is 9.07. The molecule has 0 unspecified atom stereocenters. The topological polar surface area (TPSA) is 56.8 Å². The second-order valence-corrected chi connectivity index (χ2v) is 6.88. The maximum atomic E-state index is 12.2. The number of methoxy groups -OCH3 is 1. The van der Waals surface area contributed by atoms with Gasteiger partial charge in [0, 0.05) is 18.2 Å². The van der Waals surface area contributed by atoms with Crippen LogP contribution in [-0.2, 0) is 22.5 Å². The summed E-state index contributed by atoms with van der Waals surface area (Å²) in [5.74, 6) is 1.24. The fourth-order valence-corrected chi connectivity index (χ4v) is 3.18. The van der Waals surface area contributed by atoms with E-state index in [0.717, 1.165) is 30.6 Å². The molecule has 0 aromatic heterocycles. The van der Waals surface area contributed by atoms with Crippen LogP contribution in [0.3, 0.4) is 0 Å². The summed E-state index contributed by atoms with van der Waals surface area (Å²) in [5.41, 5.74) is 1.75. The van der Waals surface area contributed by atoms with Gasteiger partial charge in [-0.2, -0.15) is 0 Å². The number of halogens is 1. The van der Waals surface area contributed by atoms with Crippen LogP contribution in [0.4, 0.5) is 0 Å². The van der Waals surface area contributed by atoms with Crippen LogP contribution in [0.5, 0.6) is 11.5 Å². The van der Waals surface area contributed by atoms with Crippen LogP contribution in [0.25, 0.3) is 0 Å². The number of amides is 1.